The highest BCUT2D eigenvalue weighted by atomic mass is 16.1. The Bertz CT molecular complexity index is 381. The van der Waals surface area contributed by atoms with Crippen molar-refractivity contribution in [3.05, 3.63) is 35.4 Å². The van der Waals surface area contributed by atoms with Crippen molar-refractivity contribution < 1.29 is 4.79 Å². The molecule has 0 aliphatic heterocycles. The smallest absolute Gasteiger partial charge is 0.163 e. The Hall–Kier alpha value is -1.11. The van der Waals surface area contributed by atoms with Crippen molar-refractivity contribution >= 4 is 5.78 Å². The van der Waals surface area contributed by atoms with Crippen LogP contribution in [0.5, 0.6) is 0 Å². The van der Waals surface area contributed by atoms with Crippen LogP contribution < -0.4 is 0 Å². The summed E-state index contributed by atoms with van der Waals surface area (Å²) in [6.45, 7) is 2.24. The SMILES string of the molecule is CCCCCCC1CCC(=O)c2ccccc21. The average molecular weight is 230 g/mol. The normalized spacial score (nSPS) is 19.1. The predicted octanol–water partition coefficient (Wildman–Crippen LogP) is 4.72. The number of hydrogen-bond acceptors (Lipinski definition) is 1. The van der Waals surface area contributed by atoms with Crippen molar-refractivity contribution in [1.82, 2.24) is 0 Å². The number of Topliss-reactive ketones (excluding diaryl/α,β-unsaturated/α-hetero) is 1. The van der Waals surface area contributed by atoms with Crippen LogP contribution in [-0.4, -0.2) is 5.78 Å². The summed E-state index contributed by atoms with van der Waals surface area (Å²) in [5.41, 5.74) is 2.29. The van der Waals surface area contributed by atoms with Crippen LogP contribution in [0.25, 0.3) is 0 Å². The molecule has 1 unspecified atom stereocenters. The Kier molecular flexibility index (Phi) is 4.36. The first-order chi connectivity index (χ1) is 8.33. The zero-order valence-electron chi connectivity index (χ0n) is 10.7. The van der Waals surface area contributed by atoms with Gasteiger partial charge >= 0.3 is 0 Å². The van der Waals surface area contributed by atoms with Gasteiger partial charge in [0, 0.05) is 12.0 Å². The largest absolute Gasteiger partial charge is 0.294 e. The van der Waals surface area contributed by atoms with Crippen LogP contribution in [0.2, 0.25) is 0 Å². The van der Waals surface area contributed by atoms with Crippen molar-refractivity contribution in [3.8, 4) is 0 Å². The molecule has 1 nitrogen and oxygen atoms in total. The summed E-state index contributed by atoms with van der Waals surface area (Å²) in [6.07, 6.45) is 8.33. The molecule has 1 aliphatic rings. The van der Waals surface area contributed by atoms with Crippen LogP contribution in [0.1, 0.15) is 73.7 Å². The summed E-state index contributed by atoms with van der Waals surface area (Å²) in [5, 5.41) is 0. The third-order valence-electron chi connectivity index (χ3n) is 3.83. The van der Waals surface area contributed by atoms with Crippen LogP contribution >= 0.6 is 0 Å². The minimum Gasteiger partial charge on any atom is -0.294 e. The topological polar surface area (TPSA) is 17.1 Å². The third kappa shape index (κ3) is 2.96. The number of hydrogen-bond donors (Lipinski definition) is 0. The molecule has 0 amide bonds. The van der Waals surface area contributed by atoms with E-state index in [1.807, 2.05) is 12.1 Å². The van der Waals surface area contributed by atoms with E-state index in [0.29, 0.717) is 11.7 Å². The summed E-state index contributed by atoms with van der Waals surface area (Å²) >= 11 is 0. The van der Waals surface area contributed by atoms with Crippen molar-refractivity contribution in [2.45, 2.75) is 57.8 Å². The lowest BCUT2D eigenvalue weighted by atomic mass is 9.79. The van der Waals surface area contributed by atoms with E-state index in [1.165, 1.54) is 37.7 Å². The molecular weight excluding hydrogens is 208 g/mol. The van der Waals surface area contributed by atoms with Gasteiger partial charge in [-0.2, -0.15) is 0 Å². The first-order valence-corrected chi connectivity index (χ1v) is 6.95. The molecule has 0 radical (unpaired) electrons. The number of benzene rings is 1. The van der Waals surface area contributed by atoms with E-state index in [-0.39, 0.29) is 0 Å². The van der Waals surface area contributed by atoms with E-state index < -0.39 is 0 Å². The number of unbranched alkanes of at least 4 members (excludes halogenated alkanes) is 3. The van der Waals surface area contributed by atoms with Crippen LogP contribution in [0.15, 0.2) is 24.3 Å². The van der Waals surface area contributed by atoms with Gasteiger partial charge in [-0.3, -0.25) is 4.79 Å². The summed E-state index contributed by atoms with van der Waals surface area (Å²) in [7, 11) is 0. The minimum atomic E-state index is 0.338. The molecule has 0 saturated heterocycles. The van der Waals surface area contributed by atoms with Crippen LogP contribution in [0.3, 0.4) is 0 Å². The molecule has 0 N–H and O–H groups in total. The number of fused-ring (bicyclic) bond motifs is 1. The lowest BCUT2D eigenvalue weighted by Gasteiger charge is -2.24. The fourth-order valence-electron chi connectivity index (χ4n) is 2.82. The van der Waals surface area contributed by atoms with Gasteiger partial charge in [0.15, 0.2) is 5.78 Å². The van der Waals surface area contributed by atoms with Gasteiger partial charge in [0.25, 0.3) is 0 Å². The molecule has 0 fully saturated rings. The van der Waals surface area contributed by atoms with Gasteiger partial charge < -0.3 is 0 Å². The quantitative estimate of drug-likeness (QED) is 0.669. The third-order valence-corrected chi connectivity index (χ3v) is 3.83. The van der Waals surface area contributed by atoms with Crippen molar-refractivity contribution in [1.29, 1.82) is 0 Å². The fourth-order valence-corrected chi connectivity index (χ4v) is 2.82. The molecule has 0 heterocycles. The molecule has 0 saturated carbocycles. The predicted molar refractivity (Wildman–Crippen MR) is 71.5 cm³/mol. The number of carbonyl (C=O) groups is 1. The Balaban J connectivity index is 2.00. The van der Waals surface area contributed by atoms with E-state index in [1.54, 1.807) is 0 Å². The maximum Gasteiger partial charge on any atom is 0.163 e. The Morgan fingerprint density at radius 1 is 1.18 bits per heavy atom. The summed E-state index contributed by atoms with van der Waals surface area (Å²) in [6, 6.07) is 8.19. The number of rotatable bonds is 5. The summed E-state index contributed by atoms with van der Waals surface area (Å²) in [5.74, 6) is 0.964. The molecule has 1 aromatic rings. The maximum absolute atomic E-state index is 11.8. The molecule has 92 valence electrons. The van der Waals surface area contributed by atoms with Crippen LogP contribution in [0, 0.1) is 0 Å². The van der Waals surface area contributed by atoms with Crippen molar-refractivity contribution in [2.24, 2.45) is 0 Å². The zero-order valence-corrected chi connectivity index (χ0v) is 10.7. The molecular formula is C16H22O. The van der Waals surface area contributed by atoms with Gasteiger partial charge in [0.2, 0.25) is 0 Å². The summed E-state index contributed by atoms with van der Waals surface area (Å²) in [4.78, 5) is 11.8. The molecule has 1 aliphatic carbocycles. The van der Waals surface area contributed by atoms with E-state index >= 15 is 0 Å². The fraction of sp³-hybridized carbons (Fsp3) is 0.562. The molecule has 0 bridgehead atoms. The van der Waals surface area contributed by atoms with E-state index in [0.717, 1.165) is 18.4 Å². The van der Waals surface area contributed by atoms with Gasteiger partial charge in [-0.05, 0) is 24.3 Å². The van der Waals surface area contributed by atoms with Gasteiger partial charge in [0.05, 0.1) is 0 Å². The maximum atomic E-state index is 11.8. The van der Waals surface area contributed by atoms with E-state index in [9.17, 15) is 4.79 Å². The standard InChI is InChI=1S/C16H22O/c1-2-3-4-5-8-13-11-12-16(17)15-10-7-6-9-14(13)15/h6-7,9-10,13H,2-5,8,11-12H2,1H3. The second kappa shape index (κ2) is 6.00. The molecule has 0 aromatic heterocycles. The van der Waals surface area contributed by atoms with Crippen LogP contribution in [-0.2, 0) is 0 Å². The second-order valence-electron chi connectivity index (χ2n) is 5.10. The Labute approximate surface area is 104 Å². The monoisotopic (exact) mass is 230 g/mol. The highest BCUT2D eigenvalue weighted by molar-refractivity contribution is 5.98. The highest BCUT2D eigenvalue weighted by Gasteiger charge is 2.24. The molecule has 17 heavy (non-hydrogen) atoms. The number of carbonyl (C=O) groups excluding carboxylic acids is 1. The first kappa shape index (κ1) is 12.3. The lowest BCUT2D eigenvalue weighted by Crippen LogP contribution is -2.15. The van der Waals surface area contributed by atoms with E-state index in [4.69, 9.17) is 0 Å². The van der Waals surface area contributed by atoms with Crippen LogP contribution in [0.4, 0.5) is 0 Å². The first-order valence-electron chi connectivity index (χ1n) is 6.95. The second-order valence-corrected chi connectivity index (χ2v) is 5.10. The van der Waals surface area contributed by atoms with Gasteiger partial charge in [-0.15, -0.1) is 0 Å². The Morgan fingerprint density at radius 2 is 2.00 bits per heavy atom. The number of ketones is 1. The van der Waals surface area contributed by atoms with Gasteiger partial charge in [-0.1, -0.05) is 56.9 Å². The van der Waals surface area contributed by atoms with Crippen molar-refractivity contribution in [3.63, 3.8) is 0 Å². The average Bonchev–Trinajstić information content (AvgIpc) is 2.37. The summed E-state index contributed by atoms with van der Waals surface area (Å²) < 4.78 is 0. The van der Waals surface area contributed by atoms with E-state index in [2.05, 4.69) is 19.1 Å². The highest BCUT2D eigenvalue weighted by Crippen LogP contribution is 2.34. The molecule has 2 rings (SSSR count). The lowest BCUT2D eigenvalue weighted by molar-refractivity contribution is 0.0966. The molecule has 0 spiro atoms. The molecule has 1 atom stereocenters. The zero-order chi connectivity index (χ0) is 12.1. The molecule has 1 aromatic carbocycles. The Morgan fingerprint density at radius 3 is 2.82 bits per heavy atom. The minimum absolute atomic E-state index is 0.338. The van der Waals surface area contributed by atoms with Gasteiger partial charge in [0.1, 0.15) is 0 Å². The van der Waals surface area contributed by atoms with Gasteiger partial charge in [-0.25, -0.2) is 0 Å². The molecule has 1 heteroatoms. The van der Waals surface area contributed by atoms with Crippen molar-refractivity contribution in [2.75, 3.05) is 0 Å².